The molecule has 1 aromatic heterocycles. The third-order valence-corrected chi connectivity index (χ3v) is 3.68. The van der Waals surface area contributed by atoms with E-state index < -0.39 is 0 Å². The Labute approximate surface area is 129 Å². The van der Waals surface area contributed by atoms with Gasteiger partial charge in [0, 0.05) is 11.6 Å². The SMILES string of the molecule is CC[C@@H](NC(=O)Cc1ccccc1Cl)c1ncnn1CC. The molecule has 0 unspecified atom stereocenters. The topological polar surface area (TPSA) is 59.8 Å². The molecular formula is C15H19ClN4O. The van der Waals surface area contributed by atoms with E-state index >= 15 is 0 Å². The number of benzene rings is 1. The quantitative estimate of drug-likeness (QED) is 0.892. The maximum Gasteiger partial charge on any atom is 0.225 e. The summed E-state index contributed by atoms with van der Waals surface area (Å²) in [7, 11) is 0. The lowest BCUT2D eigenvalue weighted by Crippen LogP contribution is -2.31. The summed E-state index contributed by atoms with van der Waals surface area (Å²) in [6.45, 7) is 4.73. The minimum absolute atomic E-state index is 0.0689. The second-order valence-electron chi connectivity index (χ2n) is 4.73. The van der Waals surface area contributed by atoms with Gasteiger partial charge in [-0.1, -0.05) is 36.7 Å². The molecule has 0 fully saturated rings. The van der Waals surface area contributed by atoms with Gasteiger partial charge in [-0.3, -0.25) is 4.79 Å². The summed E-state index contributed by atoms with van der Waals surface area (Å²) in [5.41, 5.74) is 0.823. The van der Waals surface area contributed by atoms with Gasteiger partial charge in [0.05, 0.1) is 12.5 Å². The highest BCUT2D eigenvalue weighted by atomic mass is 35.5. The molecule has 0 saturated carbocycles. The molecule has 2 rings (SSSR count). The van der Waals surface area contributed by atoms with Crippen LogP contribution in [0.25, 0.3) is 0 Å². The van der Waals surface area contributed by atoms with Crippen LogP contribution in [0.15, 0.2) is 30.6 Å². The summed E-state index contributed by atoms with van der Waals surface area (Å²) in [4.78, 5) is 16.4. The first kappa shape index (κ1) is 15.5. The molecule has 1 N–H and O–H groups in total. The Kier molecular flexibility index (Phi) is 5.33. The van der Waals surface area contributed by atoms with E-state index in [1.54, 1.807) is 10.7 Å². The van der Waals surface area contributed by atoms with Gasteiger partial charge in [0.1, 0.15) is 12.2 Å². The number of amides is 1. The molecule has 0 aliphatic carbocycles. The Morgan fingerprint density at radius 3 is 2.81 bits per heavy atom. The molecule has 112 valence electrons. The molecule has 0 bridgehead atoms. The Balaban J connectivity index is 2.05. The Morgan fingerprint density at radius 1 is 1.38 bits per heavy atom. The number of carbonyl (C=O) groups excluding carboxylic acids is 1. The van der Waals surface area contributed by atoms with Crippen molar-refractivity contribution in [3.8, 4) is 0 Å². The average molecular weight is 307 g/mol. The van der Waals surface area contributed by atoms with Crippen molar-refractivity contribution in [1.29, 1.82) is 0 Å². The van der Waals surface area contributed by atoms with Crippen molar-refractivity contribution in [2.45, 2.75) is 39.3 Å². The van der Waals surface area contributed by atoms with Crippen LogP contribution in [-0.4, -0.2) is 20.7 Å². The van der Waals surface area contributed by atoms with Crippen molar-refractivity contribution in [1.82, 2.24) is 20.1 Å². The van der Waals surface area contributed by atoms with Crippen LogP contribution in [0, 0.1) is 0 Å². The molecule has 1 amide bonds. The molecule has 6 heteroatoms. The Hall–Kier alpha value is -1.88. The number of halogens is 1. The van der Waals surface area contributed by atoms with Gasteiger partial charge in [-0.15, -0.1) is 0 Å². The molecule has 1 heterocycles. The molecule has 2 aromatic rings. The van der Waals surface area contributed by atoms with Crippen LogP contribution in [0.4, 0.5) is 0 Å². The van der Waals surface area contributed by atoms with E-state index in [0.717, 1.165) is 24.4 Å². The molecule has 5 nitrogen and oxygen atoms in total. The van der Waals surface area contributed by atoms with Gasteiger partial charge in [0.25, 0.3) is 0 Å². The highest BCUT2D eigenvalue weighted by Crippen LogP contribution is 2.17. The summed E-state index contributed by atoms with van der Waals surface area (Å²) < 4.78 is 1.80. The van der Waals surface area contributed by atoms with E-state index in [-0.39, 0.29) is 18.4 Å². The summed E-state index contributed by atoms with van der Waals surface area (Å²) in [5.74, 6) is 0.716. The van der Waals surface area contributed by atoms with Crippen LogP contribution >= 0.6 is 11.6 Å². The van der Waals surface area contributed by atoms with E-state index in [0.29, 0.717) is 5.02 Å². The first-order valence-corrected chi connectivity index (χ1v) is 7.44. The molecule has 0 aliphatic rings. The van der Waals surface area contributed by atoms with Gasteiger partial charge in [-0.2, -0.15) is 5.10 Å². The zero-order valence-corrected chi connectivity index (χ0v) is 13.0. The lowest BCUT2D eigenvalue weighted by Gasteiger charge is -2.17. The molecule has 1 aromatic carbocycles. The van der Waals surface area contributed by atoms with Gasteiger partial charge in [0.2, 0.25) is 5.91 Å². The largest absolute Gasteiger partial charge is 0.346 e. The number of aryl methyl sites for hydroxylation is 1. The van der Waals surface area contributed by atoms with E-state index in [9.17, 15) is 4.79 Å². The number of carbonyl (C=O) groups is 1. The maximum absolute atomic E-state index is 12.2. The minimum Gasteiger partial charge on any atom is -0.346 e. The minimum atomic E-state index is -0.137. The highest BCUT2D eigenvalue weighted by Gasteiger charge is 2.18. The lowest BCUT2D eigenvalue weighted by atomic mass is 10.1. The van der Waals surface area contributed by atoms with Gasteiger partial charge >= 0.3 is 0 Å². The van der Waals surface area contributed by atoms with Gasteiger partial charge in [-0.25, -0.2) is 9.67 Å². The fraction of sp³-hybridized carbons (Fsp3) is 0.400. The van der Waals surface area contributed by atoms with Gasteiger partial charge in [0.15, 0.2) is 0 Å². The van der Waals surface area contributed by atoms with Crippen LogP contribution in [0.3, 0.4) is 0 Å². The fourth-order valence-electron chi connectivity index (χ4n) is 2.20. The van der Waals surface area contributed by atoms with Gasteiger partial charge in [-0.05, 0) is 25.0 Å². The molecular weight excluding hydrogens is 288 g/mol. The summed E-state index contributed by atoms with van der Waals surface area (Å²) in [5, 5.41) is 7.75. The van der Waals surface area contributed by atoms with Crippen LogP contribution in [-0.2, 0) is 17.8 Å². The van der Waals surface area contributed by atoms with Crippen molar-refractivity contribution < 1.29 is 4.79 Å². The normalized spacial score (nSPS) is 12.1. The molecule has 1 atom stereocenters. The van der Waals surface area contributed by atoms with Crippen molar-refractivity contribution in [3.63, 3.8) is 0 Å². The standard InChI is InChI=1S/C15H19ClN4O/c1-3-13(15-17-10-18-20(15)4-2)19-14(21)9-11-7-5-6-8-12(11)16/h5-8,10,13H,3-4,9H2,1-2H3,(H,19,21)/t13-/m1/s1. The fourth-order valence-corrected chi connectivity index (χ4v) is 2.40. The van der Waals surface area contributed by atoms with E-state index in [1.807, 2.05) is 32.0 Å². The zero-order chi connectivity index (χ0) is 15.2. The summed E-state index contributed by atoms with van der Waals surface area (Å²) in [6, 6.07) is 7.23. The number of hydrogen-bond acceptors (Lipinski definition) is 3. The summed E-state index contributed by atoms with van der Waals surface area (Å²) >= 11 is 6.08. The van der Waals surface area contributed by atoms with Crippen molar-refractivity contribution >= 4 is 17.5 Å². The first-order valence-electron chi connectivity index (χ1n) is 7.06. The van der Waals surface area contributed by atoms with E-state index in [1.165, 1.54) is 6.33 Å². The number of aromatic nitrogens is 3. The molecule has 0 aliphatic heterocycles. The number of rotatable bonds is 6. The van der Waals surface area contributed by atoms with Crippen molar-refractivity contribution in [3.05, 3.63) is 47.0 Å². The monoisotopic (exact) mass is 306 g/mol. The summed E-state index contributed by atoms with van der Waals surface area (Å²) in [6.07, 6.45) is 2.53. The molecule has 0 radical (unpaired) electrons. The number of nitrogens with one attached hydrogen (secondary N) is 1. The Morgan fingerprint density at radius 2 is 2.14 bits per heavy atom. The lowest BCUT2D eigenvalue weighted by molar-refractivity contribution is -0.121. The third-order valence-electron chi connectivity index (χ3n) is 3.31. The predicted molar refractivity (Wildman–Crippen MR) is 82.0 cm³/mol. The van der Waals surface area contributed by atoms with Crippen LogP contribution < -0.4 is 5.32 Å². The molecule has 0 saturated heterocycles. The third kappa shape index (κ3) is 3.82. The van der Waals surface area contributed by atoms with Crippen molar-refractivity contribution in [2.75, 3.05) is 0 Å². The van der Waals surface area contributed by atoms with Crippen LogP contribution in [0.2, 0.25) is 5.02 Å². The van der Waals surface area contributed by atoms with Crippen molar-refractivity contribution in [2.24, 2.45) is 0 Å². The second kappa shape index (κ2) is 7.22. The predicted octanol–water partition coefficient (Wildman–Crippen LogP) is 2.76. The average Bonchev–Trinajstić information content (AvgIpc) is 2.95. The smallest absolute Gasteiger partial charge is 0.225 e. The van der Waals surface area contributed by atoms with Gasteiger partial charge < -0.3 is 5.32 Å². The Bertz CT molecular complexity index is 611. The zero-order valence-electron chi connectivity index (χ0n) is 12.2. The number of hydrogen-bond donors (Lipinski definition) is 1. The highest BCUT2D eigenvalue weighted by molar-refractivity contribution is 6.31. The first-order chi connectivity index (χ1) is 10.2. The molecule has 0 spiro atoms. The van der Waals surface area contributed by atoms with E-state index in [4.69, 9.17) is 11.6 Å². The number of nitrogens with zero attached hydrogens (tertiary/aromatic N) is 3. The van der Waals surface area contributed by atoms with Crippen LogP contribution in [0.1, 0.15) is 37.7 Å². The van der Waals surface area contributed by atoms with E-state index in [2.05, 4.69) is 15.4 Å². The maximum atomic E-state index is 12.2. The second-order valence-corrected chi connectivity index (χ2v) is 5.14. The van der Waals surface area contributed by atoms with Crippen LogP contribution in [0.5, 0.6) is 0 Å². The molecule has 21 heavy (non-hydrogen) atoms.